The van der Waals surface area contributed by atoms with Gasteiger partial charge < -0.3 is 10.2 Å². The summed E-state index contributed by atoms with van der Waals surface area (Å²) < 4.78 is 0. The highest BCUT2D eigenvalue weighted by atomic mass is 32.1. The number of rotatable bonds is 4. The topological polar surface area (TPSA) is 28.2 Å². The Balaban J connectivity index is 1.82. The fourth-order valence-electron chi connectivity index (χ4n) is 1.96. The van der Waals surface area contributed by atoms with Gasteiger partial charge in [0.25, 0.3) is 0 Å². The van der Waals surface area contributed by atoms with Gasteiger partial charge in [-0.1, -0.05) is 12.8 Å². The summed E-state index contributed by atoms with van der Waals surface area (Å²) in [6.07, 6.45) is 7.47. The monoisotopic (exact) mass is 225 g/mol. The van der Waals surface area contributed by atoms with E-state index in [1.165, 1.54) is 30.6 Å². The normalized spacial score (nSPS) is 17.2. The summed E-state index contributed by atoms with van der Waals surface area (Å²) in [5.74, 6) is 0. The third kappa shape index (κ3) is 2.92. The molecule has 0 saturated heterocycles. The zero-order valence-electron chi connectivity index (χ0n) is 9.49. The highest BCUT2D eigenvalue weighted by molar-refractivity contribution is 7.15. The maximum atomic E-state index is 4.37. The van der Waals surface area contributed by atoms with E-state index in [2.05, 4.69) is 15.2 Å². The van der Waals surface area contributed by atoms with E-state index < -0.39 is 0 Å². The molecule has 1 aromatic heterocycles. The van der Waals surface area contributed by atoms with Gasteiger partial charge in [0.2, 0.25) is 0 Å². The van der Waals surface area contributed by atoms with Crippen LogP contribution in [0.5, 0.6) is 0 Å². The van der Waals surface area contributed by atoms with Crippen LogP contribution in [0.15, 0.2) is 6.20 Å². The molecule has 1 aliphatic carbocycles. The fraction of sp³-hybridized carbons (Fsp3) is 0.727. The molecule has 0 radical (unpaired) electrons. The standard InChI is InChI=1S/C11H19N3S/c1-14(2)11-13-8-10(15-11)7-12-9-5-3-4-6-9/h8-9,12H,3-7H2,1-2H3. The van der Waals surface area contributed by atoms with Gasteiger partial charge in [0.15, 0.2) is 5.13 Å². The number of nitrogens with one attached hydrogen (secondary N) is 1. The predicted octanol–water partition coefficient (Wildman–Crippen LogP) is 2.24. The molecule has 1 N–H and O–H groups in total. The van der Waals surface area contributed by atoms with Crippen LogP contribution >= 0.6 is 11.3 Å². The molecule has 0 atom stereocenters. The lowest BCUT2D eigenvalue weighted by molar-refractivity contribution is 0.527. The fourth-order valence-corrected chi connectivity index (χ4v) is 2.74. The summed E-state index contributed by atoms with van der Waals surface area (Å²) in [5, 5.41) is 4.70. The van der Waals surface area contributed by atoms with Crippen molar-refractivity contribution in [3.8, 4) is 0 Å². The minimum atomic E-state index is 0.745. The Labute approximate surface area is 95.5 Å². The lowest BCUT2D eigenvalue weighted by atomic mass is 10.2. The first-order chi connectivity index (χ1) is 7.25. The Kier molecular flexibility index (Phi) is 3.59. The van der Waals surface area contributed by atoms with Crippen LogP contribution in [-0.2, 0) is 6.54 Å². The Bertz CT molecular complexity index is 303. The number of thiazole rings is 1. The third-order valence-corrected chi connectivity index (χ3v) is 4.01. The van der Waals surface area contributed by atoms with Crippen LogP contribution in [0.4, 0.5) is 5.13 Å². The molecule has 0 aliphatic heterocycles. The number of hydrogen-bond acceptors (Lipinski definition) is 4. The Morgan fingerprint density at radius 1 is 1.47 bits per heavy atom. The number of aromatic nitrogens is 1. The maximum absolute atomic E-state index is 4.37. The van der Waals surface area contributed by atoms with Gasteiger partial charge in [0.05, 0.1) is 0 Å². The Morgan fingerprint density at radius 2 is 2.20 bits per heavy atom. The van der Waals surface area contributed by atoms with E-state index in [-0.39, 0.29) is 0 Å². The van der Waals surface area contributed by atoms with Gasteiger partial charge in [-0.25, -0.2) is 4.98 Å². The van der Waals surface area contributed by atoms with E-state index in [0.717, 1.165) is 17.7 Å². The first-order valence-electron chi connectivity index (χ1n) is 5.61. The summed E-state index contributed by atoms with van der Waals surface area (Å²) in [5.41, 5.74) is 0. The molecule has 1 aliphatic rings. The molecule has 0 unspecified atom stereocenters. The van der Waals surface area contributed by atoms with Crippen LogP contribution in [-0.4, -0.2) is 25.1 Å². The number of anilines is 1. The molecule has 0 bridgehead atoms. The highest BCUT2D eigenvalue weighted by Gasteiger charge is 2.14. The largest absolute Gasteiger partial charge is 0.354 e. The van der Waals surface area contributed by atoms with Gasteiger partial charge in [-0.2, -0.15) is 0 Å². The van der Waals surface area contributed by atoms with Crippen molar-refractivity contribution >= 4 is 16.5 Å². The van der Waals surface area contributed by atoms with Crippen molar-refractivity contribution in [1.29, 1.82) is 0 Å². The van der Waals surface area contributed by atoms with Crippen LogP contribution in [0, 0.1) is 0 Å². The minimum absolute atomic E-state index is 0.745. The molecule has 1 heterocycles. The second kappa shape index (κ2) is 4.94. The third-order valence-electron chi connectivity index (χ3n) is 2.84. The van der Waals surface area contributed by atoms with Crippen molar-refractivity contribution in [3.63, 3.8) is 0 Å². The van der Waals surface area contributed by atoms with Crippen molar-refractivity contribution in [2.24, 2.45) is 0 Å². The second-order valence-corrected chi connectivity index (χ2v) is 5.46. The smallest absolute Gasteiger partial charge is 0.185 e. The van der Waals surface area contributed by atoms with Crippen LogP contribution in [0.3, 0.4) is 0 Å². The maximum Gasteiger partial charge on any atom is 0.185 e. The van der Waals surface area contributed by atoms with Gasteiger partial charge in [0, 0.05) is 37.8 Å². The molecule has 0 aromatic carbocycles. The van der Waals surface area contributed by atoms with Gasteiger partial charge >= 0.3 is 0 Å². The van der Waals surface area contributed by atoms with Crippen LogP contribution in [0.25, 0.3) is 0 Å². The van der Waals surface area contributed by atoms with E-state index in [9.17, 15) is 0 Å². The van der Waals surface area contributed by atoms with E-state index >= 15 is 0 Å². The van der Waals surface area contributed by atoms with Crippen molar-refractivity contribution in [3.05, 3.63) is 11.1 Å². The molecule has 84 valence electrons. The van der Waals surface area contributed by atoms with Crippen molar-refractivity contribution in [2.75, 3.05) is 19.0 Å². The average Bonchev–Trinajstić information content (AvgIpc) is 2.86. The molecular formula is C11H19N3S. The van der Waals surface area contributed by atoms with Gasteiger partial charge in [0.1, 0.15) is 0 Å². The van der Waals surface area contributed by atoms with Crippen LogP contribution in [0.2, 0.25) is 0 Å². The molecule has 2 rings (SSSR count). The quantitative estimate of drug-likeness (QED) is 0.852. The molecule has 1 aromatic rings. The van der Waals surface area contributed by atoms with Crippen molar-refractivity contribution < 1.29 is 0 Å². The minimum Gasteiger partial charge on any atom is -0.354 e. The summed E-state index contributed by atoms with van der Waals surface area (Å²) in [7, 11) is 4.07. The zero-order valence-corrected chi connectivity index (χ0v) is 10.3. The van der Waals surface area contributed by atoms with E-state index in [0.29, 0.717) is 0 Å². The number of nitrogens with zero attached hydrogens (tertiary/aromatic N) is 2. The summed E-state index contributed by atoms with van der Waals surface area (Å²) >= 11 is 1.78. The van der Waals surface area contributed by atoms with Crippen molar-refractivity contribution in [1.82, 2.24) is 10.3 Å². The van der Waals surface area contributed by atoms with E-state index in [1.54, 1.807) is 11.3 Å². The first-order valence-corrected chi connectivity index (χ1v) is 6.43. The summed E-state index contributed by atoms with van der Waals surface area (Å²) in [6, 6.07) is 0.745. The molecule has 4 heteroatoms. The molecule has 15 heavy (non-hydrogen) atoms. The van der Waals surface area contributed by atoms with Crippen LogP contribution < -0.4 is 10.2 Å². The summed E-state index contributed by atoms with van der Waals surface area (Å²) in [4.78, 5) is 7.76. The van der Waals surface area contributed by atoms with E-state index in [4.69, 9.17) is 0 Å². The predicted molar refractivity (Wildman–Crippen MR) is 65.5 cm³/mol. The van der Waals surface area contributed by atoms with Crippen LogP contribution in [0.1, 0.15) is 30.6 Å². The lowest BCUT2D eigenvalue weighted by Gasteiger charge is -2.10. The van der Waals surface area contributed by atoms with E-state index in [1.807, 2.05) is 20.3 Å². The first kappa shape index (κ1) is 10.9. The molecule has 3 nitrogen and oxygen atoms in total. The second-order valence-electron chi connectivity index (χ2n) is 4.37. The zero-order chi connectivity index (χ0) is 10.7. The average molecular weight is 225 g/mol. The molecule has 0 amide bonds. The molecule has 1 fully saturated rings. The highest BCUT2D eigenvalue weighted by Crippen LogP contribution is 2.22. The van der Waals surface area contributed by atoms with Crippen molar-refractivity contribution in [2.45, 2.75) is 38.3 Å². The SMILES string of the molecule is CN(C)c1ncc(CNC2CCCC2)s1. The molecule has 1 saturated carbocycles. The Morgan fingerprint density at radius 3 is 2.80 bits per heavy atom. The Hall–Kier alpha value is -0.610. The number of hydrogen-bond donors (Lipinski definition) is 1. The van der Waals surface area contributed by atoms with Gasteiger partial charge in [-0.3, -0.25) is 0 Å². The molecular weight excluding hydrogens is 206 g/mol. The molecule has 0 spiro atoms. The van der Waals surface area contributed by atoms with Gasteiger partial charge in [-0.05, 0) is 12.8 Å². The van der Waals surface area contributed by atoms with Gasteiger partial charge in [-0.15, -0.1) is 11.3 Å². The lowest BCUT2D eigenvalue weighted by Crippen LogP contribution is -2.24. The summed E-state index contributed by atoms with van der Waals surface area (Å²) in [6.45, 7) is 0.982.